The molecule has 0 saturated heterocycles. The number of carbonyl (C=O) groups is 2. The minimum atomic E-state index is -0.384. The highest BCUT2D eigenvalue weighted by molar-refractivity contribution is 5.80. The molecule has 0 aliphatic carbocycles. The van der Waals surface area contributed by atoms with Crippen molar-refractivity contribution >= 4 is 12.1 Å². The first-order valence-electron chi connectivity index (χ1n) is 7.39. The Balaban J connectivity index is 2.19. The van der Waals surface area contributed by atoms with E-state index in [0.717, 1.165) is 44.2 Å². The highest BCUT2D eigenvalue weighted by Gasteiger charge is 2.07. The van der Waals surface area contributed by atoms with Gasteiger partial charge < -0.3 is 16.3 Å². The summed E-state index contributed by atoms with van der Waals surface area (Å²) in [5, 5.41) is 8.14. The molecule has 0 bridgehead atoms. The van der Waals surface area contributed by atoms with Crippen LogP contribution in [0.25, 0.3) is 0 Å². The average Bonchev–Trinajstić information content (AvgIpc) is 2.90. The van der Waals surface area contributed by atoms with Gasteiger partial charge in [0.25, 0.3) is 0 Å². The van der Waals surface area contributed by atoms with Crippen molar-refractivity contribution in [3.63, 3.8) is 0 Å². The van der Waals surface area contributed by atoms with Gasteiger partial charge in [0.1, 0.15) is 12.1 Å². The second kappa shape index (κ2) is 9.36. The molecule has 0 aliphatic rings. The molecule has 1 rings (SSSR count). The lowest BCUT2D eigenvalue weighted by Crippen LogP contribution is -2.27. The lowest BCUT2D eigenvalue weighted by Gasteiger charge is -2.06. The molecule has 7 heteroatoms. The highest BCUT2D eigenvalue weighted by Crippen LogP contribution is 2.05. The minimum absolute atomic E-state index is 0.0339. The van der Waals surface area contributed by atoms with Crippen LogP contribution in [-0.2, 0) is 22.6 Å². The molecule has 0 spiro atoms. The Bertz CT molecular complexity index is 446. The third kappa shape index (κ3) is 7.10. The van der Waals surface area contributed by atoms with E-state index >= 15 is 0 Å². The van der Waals surface area contributed by atoms with Gasteiger partial charge in [-0.15, -0.1) is 5.10 Å². The molecule has 118 valence electrons. The number of ketones is 1. The predicted octanol–water partition coefficient (Wildman–Crippen LogP) is 0.214. The number of Topliss-reactive ketones (excluding diaryl/α,β-unsaturated/α-hetero) is 1. The second-order valence-electron chi connectivity index (χ2n) is 5.38. The van der Waals surface area contributed by atoms with E-state index in [1.54, 1.807) is 4.68 Å². The quantitative estimate of drug-likeness (QED) is 0.445. The normalized spacial score (nSPS) is 13.9. The first kappa shape index (κ1) is 17.5. The summed E-state index contributed by atoms with van der Waals surface area (Å²) >= 11 is 0. The number of aldehydes is 1. The van der Waals surface area contributed by atoms with Gasteiger partial charge in [0, 0.05) is 12.7 Å². The van der Waals surface area contributed by atoms with E-state index in [9.17, 15) is 9.59 Å². The molecule has 7 nitrogen and oxygen atoms in total. The Morgan fingerprint density at radius 1 is 1.33 bits per heavy atom. The fourth-order valence-corrected chi connectivity index (χ4v) is 1.99. The monoisotopic (exact) mass is 295 g/mol. The molecular weight excluding hydrogens is 270 g/mol. The molecular formula is C14H25N5O2. The number of hydrogen-bond acceptors (Lipinski definition) is 6. The van der Waals surface area contributed by atoms with E-state index in [1.165, 1.54) is 6.92 Å². The summed E-state index contributed by atoms with van der Waals surface area (Å²) in [4.78, 5) is 21.4. The number of nitrogens with zero attached hydrogens (tertiary/aromatic N) is 3. The molecule has 0 radical (unpaired) electrons. The van der Waals surface area contributed by atoms with E-state index in [-0.39, 0.29) is 17.9 Å². The zero-order valence-corrected chi connectivity index (χ0v) is 12.6. The van der Waals surface area contributed by atoms with Crippen LogP contribution in [0.4, 0.5) is 0 Å². The maximum absolute atomic E-state index is 11.0. The van der Waals surface area contributed by atoms with Gasteiger partial charge in [0.15, 0.2) is 0 Å². The number of unbranched alkanes of at least 4 members (excludes halogenated alkanes) is 1. The molecule has 2 atom stereocenters. The number of nitrogens with two attached hydrogens (primary N) is 2. The number of rotatable bonds is 11. The van der Waals surface area contributed by atoms with Gasteiger partial charge >= 0.3 is 0 Å². The Morgan fingerprint density at radius 3 is 2.76 bits per heavy atom. The summed E-state index contributed by atoms with van der Waals surface area (Å²) in [7, 11) is 0. The summed E-state index contributed by atoms with van der Waals surface area (Å²) in [5.41, 5.74) is 12.1. The van der Waals surface area contributed by atoms with Crippen molar-refractivity contribution in [2.75, 3.05) is 0 Å². The second-order valence-corrected chi connectivity index (χ2v) is 5.38. The molecule has 21 heavy (non-hydrogen) atoms. The fourth-order valence-electron chi connectivity index (χ4n) is 1.99. The first-order valence-corrected chi connectivity index (χ1v) is 7.39. The van der Waals surface area contributed by atoms with Crippen molar-refractivity contribution in [3.05, 3.63) is 11.9 Å². The molecule has 2 unspecified atom stereocenters. The van der Waals surface area contributed by atoms with E-state index in [2.05, 4.69) is 10.3 Å². The minimum Gasteiger partial charge on any atom is -0.322 e. The van der Waals surface area contributed by atoms with Crippen LogP contribution in [0.15, 0.2) is 6.20 Å². The molecule has 1 heterocycles. The maximum Gasteiger partial charge on any atom is 0.146 e. The van der Waals surface area contributed by atoms with Crippen molar-refractivity contribution in [2.45, 2.75) is 64.1 Å². The smallest absolute Gasteiger partial charge is 0.146 e. The van der Waals surface area contributed by atoms with Crippen molar-refractivity contribution < 1.29 is 9.59 Å². The largest absolute Gasteiger partial charge is 0.322 e. The SMILES string of the molecule is CC(=O)C(N)CCCCn1cc(CCCC(N)C=O)nn1. The standard InChI is InChI=1S/C14H25N5O2/c1-11(21)14(16)7-2-3-8-19-9-13(17-18-19)6-4-5-12(15)10-20/h9-10,12,14H,2-8,15-16H2,1H3. The van der Waals surface area contributed by atoms with Gasteiger partial charge in [-0.1, -0.05) is 5.21 Å². The van der Waals surface area contributed by atoms with Crippen LogP contribution in [0.3, 0.4) is 0 Å². The molecule has 0 aromatic carbocycles. The highest BCUT2D eigenvalue weighted by atomic mass is 16.1. The molecule has 0 amide bonds. The molecule has 0 aliphatic heterocycles. The summed E-state index contributed by atoms with van der Waals surface area (Å²) < 4.78 is 1.80. The van der Waals surface area contributed by atoms with E-state index in [0.29, 0.717) is 12.8 Å². The summed E-state index contributed by atoms with van der Waals surface area (Å²) in [6, 6.07) is -0.733. The van der Waals surface area contributed by atoms with Crippen LogP contribution in [0.1, 0.15) is 44.7 Å². The van der Waals surface area contributed by atoms with Crippen molar-refractivity contribution in [1.82, 2.24) is 15.0 Å². The van der Waals surface area contributed by atoms with Gasteiger partial charge in [0.2, 0.25) is 0 Å². The number of aryl methyl sites for hydroxylation is 2. The molecule has 1 aromatic heterocycles. The number of aromatic nitrogens is 3. The lowest BCUT2D eigenvalue weighted by atomic mass is 10.1. The van der Waals surface area contributed by atoms with Crippen LogP contribution in [0.2, 0.25) is 0 Å². The third-order valence-corrected chi connectivity index (χ3v) is 3.41. The number of carbonyl (C=O) groups excluding carboxylic acids is 2. The summed E-state index contributed by atoms with van der Waals surface area (Å²) in [5.74, 6) is 0.0339. The molecule has 0 fully saturated rings. The van der Waals surface area contributed by atoms with Gasteiger partial charge in [0.05, 0.1) is 17.8 Å². The number of hydrogen-bond donors (Lipinski definition) is 2. The van der Waals surface area contributed by atoms with Crippen LogP contribution in [0.5, 0.6) is 0 Å². The molecule has 0 saturated carbocycles. The zero-order valence-electron chi connectivity index (χ0n) is 12.6. The first-order chi connectivity index (χ1) is 10.0. The zero-order chi connectivity index (χ0) is 15.7. The summed E-state index contributed by atoms with van der Waals surface area (Å²) in [6.07, 6.45) is 7.46. The van der Waals surface area contributed by atoms with E-state index in [1.807, 2.05) is 6.20 Å². The van der Waals surface area contributed by atoms with E-state index < -0.39 is 0 Å². The van der Waals surface area contributed by atoms with E-state index in [4.69, 9.17) is 11.5 Å². The topological polar surface area (TPSA) is 117 Å². The van der Waals surface area contributed by atoms with Crippen LogP contribution >= 0.6 is 0 Å². The van der Waals surface area contributed by atoms with Crippen molar-refractivity contribution in [3.8, 4) is 0 Å². The van der Waals surface area contributed by atoms with Crippen molar-refractivity contribution in [1.29, 1.82) is 0 Å². The third-order valence-electron chi connectivity index (χ3n) is 3.41. The van der Waals surface area contributed by atoms with Gasteiger partial charge in [-0.25, -0.2) is 0 Å². The Hall–Kier alpha value is -1.60. The van der Waals surface area contributed by atoms with Crippen LogP contribution in [-0.4, -0.2) is 39.1 Å². The Labute approximate surface area is 125 Å². The predicted molar refractivity (Wildman–Crippen MR) is 79.5 cm³/mol. The molecule has 4 N–H and O–H groups in total. The molecule has 1 aromatic rings. The van der Waals surface area contributed by atoms with Gasteiger partial charge in [-0.05, 0) is 45.4 Å². The fraction of sp³-hybridized carbons (Fsp3) is 0.714. The maximum atomic E-state index is 11.0. The lowest BCUT2D eigenvalue weighted by molar-refractivity contribution is -0.118. The average molecular weight is 295 g/mol. The summed E-state index contributed by atoms with van der Waals surface area (Å²) in [6.45, 7) is 2.29. The Kier molecular flexibility index (Phi) is 7.78. The van der Waals surface area contributed by atoms with Crippen LogP contribution < -0.4 is 11.5 Å². The van der Waals surface area contributed by atoms with Crippen LogP contribution in [0, 0.1) is 0 Å². The van der Waals surface area contributed by atoms with Crippen molar-refractivity contribution in [2.24, 2.45) is 11.5 Å². The van der Waals surface area contributed by atoms with Gasteiger partial charge in [-0.2, -0.15) is 0 Å². The Morgan fingerprint density at radius 2 is 2.10 bits per heavy atom. The van der Waals surface area contributed by atoms with Gasteiger partial charge in [-0.3, -0.25) is 9.48 Å².